The maximum atomic E-state index is 13.8. The zero-order valence-electron chi connectivity index (χ0n) is 13.7. The molecule has 0 unspecified atom stereocenters. The fraction of sp³-hybridized carbons (Fsp3) is 0.294. The fourth-order valence-corrected chi connectivity index (χ4v) is 3.83. The third kappa shape index (κ3) is 3.53. The van der Waals surface area contributed by atoms with Crippen LogP contribution in [0.3, 0.4) is 0 Å². The van der Waals surface area contributed by atoms with Crippen molar-refractivity contribution in [2.24, 2.45) is 0 Å². The lowest BCUT2D eigenvalue weighted by molar-refractivity contribution is 0.254. The molecule has 1 aliphatic rings. The van der Waals surface area contributed by atoms with Crippen LogP contribution in [0.25, 0.3) is 0 Å². The molecule has 0 aromatic heterocycles. The van der Waals surface area contributed by atoms with E-state index in [0.29, 0.717) is 30.6 Å². The Labute approximate surface area is 144 Å². The second-order valence-corrected chi connectivity index (χ2v) is 7.35. The lowest BCUT2D eigenvalue weighted by Gasteiger charge is -2.15. The highest BCUT2D eigenvalue weighted by molar-refractivity contribution is 7.92. The third-order valence-corrected chi connectivity index (χ3v) is 5.11. The van der Waals surface area contributed by atoms with E-state index in [1.807, 2.05) is 6.92 Å². The number of hydrogen-bond donors (Lipinski definition) is 1. The predicted molar refractivity (Wildman–Crippen MR) is 88.6 cm³/mol. The molecule has 5 nitrogen and oxygen atoms in total. The highest BCUT2D eigenvalue weighted by Gasteiger charge is 2.26. The summed E-state index contributed by atoms with van der Waals surface area (Å²) in [4.78, 5) is -0.773. The van der Waals surface area contributed by atoms with Gasteiger partial charge in [0.05, 0.1) is 12.3 Å². The largest absolute Gasteiger partial charge is 0.492 e. The molecule has 0 bridgehead atoms. The van der Waals surface area contributed by atoms with Crippen LogP contribution < -0.4 is 14.2 Å². The minimum Gasteiger partial charge on any atom is -0.492 e. The number of ether oxygens (including phenoxy) is 2. The average molecular weight is 369 g/mol. The zero-order chi connectivity index (χ0) is 18.2. The van der Waals surface area contributed by atoms with Gasteiger partial charge in [-0.15, -0.1) is 0 Å². The molecule has 0 fully saturated rings. The minimum absolute atomic E-state index is 0.0306. The smallest absolute Gasteiger partial charge is 0.265 e. The number of fused-ring (bicyclic) bond motifs is 1. The van der Waals surface area contributed by atoms with Crippen molar-refractivity contribution in [2.75, 3.05) is 11.3 Å². The van der Waals surface area contributed by atoms with Crippen LogP contribution in [0.1, 0.15) is 19.4 Å². The second-order valence-electron chi connectivity index (χ2n) is 5.70. The van der Waals surface area contributed by atoms with Crippen LogP contribution in [0.5, 0.6) is 11.5 Å². The Hall–Kier alpha value is -2.35. The van der Waals surface area contributed by atoms with Crippen LogP contribution in [0.2, 0.25) is 0 Å². The van der Waals surface area contributed by atoms with Gasteiger partial charge in [0.15, 0.2) is 0 Å². The third-order valence-electron chi connectivity index (χ3n) is 3.73. The fourth-order valence-electron chi connectivity index (χ4n) is 2.68. The molecule has 1 N–H and O–H groups in total. The van der Waals surface area contributed by atoms with Crippen LogP contribution in [0.4, 0.5) is 14.5 Å². The first-order valence-corrected chi connectivity index (χ1v) is 9.22. The second kappa shape index (κ2) is 6.51. The van der Waals surface area contributed by atoms with Crippen LogP contribution in [-0.2, 0) is 16.4 Å². The topological polar surface area (TPSA) is 64.6 Å². The van der Waals surface area contributed by atoms with Crippen molar-refractivity contribution in [1.82, 2.24) is 0 Å². The molecule has 134 valence electrons. The van der Waals surface area contributed by atoms with E-state index in [-0.39, 0.29) is 11.8 Å². The maximum Gasteiger partial charge on any atom is 0.265 e. The van der Waals surface area contributed by atoms with Gasteiger partial charge < -0.3 is 9.47 Å². The van der Waals surface area contributed by atoms with Gasteiger partial charge in [0.25, 0.3) is 10.0 Å². The predicted octanol–water partition coefficient (Wildman–Crippen LogP) is 3.49. The van der Waals surface area contributed by atoms with Crippen LogP contribution in [0, 0.1) is 11.6 Å². The Bertz CT molecular complexity index is 915. The molecule has 0 aliphatic carbocycles. The van der Waals surface area contributed by atoms with E-state index in [1.54, 1.807) is 13.0 Å². The van der Waals surface area contributed by atoms with Crippen molar-refractivity contribution in [1.29, 1.82) is 0 Å². The summed E-state index contributed by atoms with van der Waals surface area (Å²) < 4.78 is 65.5. The molecule has 8 heteroatoms. The first-order chi connectivity index (χ1) is 11.8. The summed E-state index contributed by atoms with van der Waals surface area (Å²) in [5.41, 5.74) is 1.01. The van der Waals surface area contributed by atoms with E-state index in [2.05, 4.69) is 4.72 Å². The van der Waals surface area contributed by atoms with Crippen molar-refractivity contribution < 1.29 is 26.7 Å². The normalized spacial score (nSPS) is 16.2. The Morgan fingerprint density at radius 1 is 1.28 bits per heavy atom. The van der Waals surface area contributed by atoms with Gasteiger partial charge in [-0.3, -0.25) is 4.72 Å². The SMILES string of the molecule is CCOc1cc2c(cc1NS(=O)(=O)c1cc(F)ccc1F)O[C@H](C)C2. The number of benzene rings is 2. The summed E-state index contributed by atoms with van der Waals surface area (Å²) in [6, 6.07) is 5.44. The van der Waals surface area contributed by atoms with E-state index < -0.39 is 26.6 Å². The summed E-state index contributed by atoms with van der Waals surface area (Å²) in [6.45, 7) is 3.97. The van der Waals surface area contributed by atoms with Gasteiger partial charge in [0.1, 0.15) is 34.1 Å². The van der Waals surface area contributed by atoms with E-state index in [4.69, 9.17) is 9.47 Å². The van der Waals surface area contributed by atoms with Gasteiger partial charge >= 0.3 is 0 Å². The molecule has 0 spiro atoms. The Balaban J connectivity index is 2.02. The number of hydrogen-bond acceptors (Lipinski definition) is 4. The monoisotopic (exact) mass is 369 g/mol. The molecule has 0 saturated carbocycles. The highest BCUT2D eigenvalue weighted by Crippen LogP contribution is 2.39. The van der Waals surface area contributed by atoms with Crippen molar-refractivity contribution in [3.8, 4) is 11.5 Å². The zero-order valence-corrected chi connectivity index (χ0v) is 14.5. The lowest BCUT2D eigenvalue weighted by Crippen LogP contribution is -2.16. The summed E-state index contributed by atoms with van der Waals surface area (Å²) >= 11 is 0. The van der Waals surface area contributed by atoms with Crippen molar-refractivity contribution >= 4 is 15.7 Å². The number of sulfonamides is 1. The van der Waals surface area contributed by atoms with Gasteiger partial charge in [-0.25, -0.2) is 17.2 Å². The minimum atomic E-state index is -4.34. The van der Waals surface area contributed by atoms with Crippen molar-refractivity contribution in [3.63, 3.8) is 0 Å². The number of rotatable bonds is 5. The number of anilines is 1. The van der Waals surface area contributed by atoms with E-state index in [0.717, 1.165) is 17.7 Å². The lowest BCUT2D eigenvalue weighted by atomic mass is 10.1. The molecule has 25 heavy (non-hydrogen) atoms. The van der Waals surface area contributed by atoms with E-state index >= 15 is 0 Å². The van der Waals surface area contributed by atoms with Gasteiger partial charge in [0.2, 0.25) is 0 Å². The molecule has 1 atom stereocenters. The standard InChI is InChI=1S/C17H17F2NO4S/c1-3-23-16-7-11-6-10(2)24-15(11)9-14(16)20-25(21,22)17-8-12(18)4-5-13(17)19/h4-5,7-10,20H,3,6H2,1-2H3/t10-/m1/s1. The first kappa shape index (κ1) is 17.5. The molecule has 0 amide bonds. The highest BCUT2D eigenvalue weighted by atomic mass is 32.2. The Kier molecular flexibility index (Phi) is 4.55. The summed E-state index contributed by atoms with van der Waals surface area (Å²) in [7, 11) is -4.34. The maximum absolute atomic E-state index is 13.8. The molecule has 3 rings (SSSR count). The summed E-state index contributed by atoms with van der Waals surface area (Å²) in [5.74, 6) is -1.05. The van der Waals surface area contributed by atoms with Gasteiger partial charge in [-0.05, 0) is 38.1 Å². The number of nitrogens with one attached hydrogen (secondary N) is 1. The van der Waals surface area contributed by atoms with Gasteiger partial charge in [-0.1, -0.05) is 0 Å². The molecular formula is C17H17F2NO4S. The Morgan fingerprint density at radius 2 is 2.04 bits per heavy atom. The van der Waals surface area contributed by atoms with E-state index in [9.17, 15) is 17.2 Å². The molecule has 1 heterocycles. The summed E-state index contributed by atoms with van der Waals surface area (Å²) in [5, 5.41) is 0. The van der Waals surface area contributed by atoms with Crippen molar-refractivity contribution in [2.45, 2.75) is 31.3 Å². The number of halogens is 2. The summed E-state index contributed by atoms with van der Waals surface area (Å²) in [6.07, 6.45) is 0.651. The van der Waals surface area contributed by atoms with Crippen molar-refractivity contribution in [3.05, 3.63) is 47.5 Å². The molecule has 1 aliphatic heterocycles. The molecular weight excluding hydrogens is 352 g/mol. The molecule has 2 aromatic rings. The Morgan fingerprint density at radius 3 is 2.76 bits per heavy atom. The van der Waals surface area contributed by atoms with Crippen LogP contribution >= 0.6 is 0 Å². The van der Waals surface area contributed by atoms with Crippen LogP contribution in [0.15, 0.2) is 35.2 Å². The van der Waals surface area contributed by atoms with Crippen LogP contribution in [-0.4, -0.2) is 21.1 Å². The quantitative estimate of drug-likeness (QED) is 0.876. The molecule has 2 aromatic carbocycles. The average Bonchev–Trinajstić information content (AvgIpc) is 2.89. The van der Waals surface area contributed by atoms with Gasteiger partial charge in [0, 0.05) is 18.1 Å². The van der Waals surface area contributed by atoms with Gasteiger partial charge in [-0.2, -0.15) is 0 Å². The molecule has 0 radical (unpaired) electrons. The van der Waals surface area contributed by atoms with E-state index in [1.165, 1.54) is 6.07 Å². The molecule has 0 saturated heterocycles. The first-order valence-electron chi connectivity index (χ1n) is 7.74.